The molecule has 1 aliphatic rings. The number of likely N-dealkylation sites (tertiary alicyclic amines) is 1. The highest BCUT2D eigenvalue weighted by molar-refractivity contribution is 5.76. The van der Waals surface area contributed by atoms with E-state index in [1.807, 2.05) is 24.4 Å². The fourth-order valence-electron chi connectivity index (χ4n) is 4.06. The average Bonchev–Trinajstić information content (AvgIpc) is 3.18. The Balaban J connectivity index is 1.44. The standard InChI is InChI=1S/C22H27N3O3/c1-26-19-13-21(28-3)20(27-2)12-17(19)14-25-9-6-15(7-10-25)18-11-16-5-4-8-23-22(16)24-18/h4-5,8,11-13,15H,6-7,9-10,14H2,1-3H3,(H,23,24). The molecule has 3 aromatic rings. The second-order valence-corrected chi connectivity index (χ2v) is 7.24. The summed E-state index contributed by atoms with van der Waals surface area (Å²) >= 11 is 0. The normalized spacial score (nSPS) is 15.7. The quantitative estimate of drug-likeness (QED) is 0.700. The highest BCUT2D eigenvalue weighted by Crippen LogP contribution is 2.36. The molecule has 1 N–H and O–H groups in total. The number of fused-ring (bicyclic) bond motifs is 1. The van der Waals surface area contributed by atoms with E-state index >= 15 is 0 Å². The molecule has 0 bridgehead atoms. The van der Waals surface area contributed by atoms with Crippen LogP contribution in [0.2, 0.25) is 0 Å². The van der Waals surface area contributed by atoms with Gasteiger partial charge < -0.3 is 19.2 Å². The van der Waals surface area contributed by atoms with Gasteiger partial charge in [0, 0.05) is 41.4 Å². The number of H-pyrrole nitrogens is 1. The first kappa shape index (κ1) is 18.6. The van der Waals surface area contributed by atoms with Gasteiger partial charge in [-0.2, -0.15) is 0 Å². The van der Waals surface area contributed by atoms with E-state index < -0.39 is 0 Å². The second-order valence-electron chi connectivity index (χ2n) is 7.24. The van der Waals surface area contributed by atoms with Crippen LogP contribution in [0, 0.1) is 0 Å². The molecule has 148 valence electrons. The highest BCUT2D eigenvalue weighted by Gasteiger charge is 2.23. The van der Waals surface area contributed by atoms with Crippen molar-refractivity contribution in [3.05, 3.63) is 47.8 Å². The first-order valence-corrected chi connectivity index (χ1v) is 9.66. The van der Waals surface area contributed by atoms with E-state index in [1.165, 1.54) is 11.1 Å². The Morgan fingerprint density at radius 2 is 1.71 bits per heavy atom. The number of aromatic nitrogens is 2. The molecule has 0 unspecified atom stereocenters. The number of aromatic amines is 1. The molecule has 6 heteroatoms. The molecule has 3 heterocycles. The average molecular weight is 381 g/mol. The number of hydrogen-bond donors (Lipinski definition) is 1. The summed E-state index contributed by atoms with van der Waals surface area (Å²) in [4.78, 5) is 10.4. The molecule has 1 saturated heterocycles. The fourth-order valence-corrected chi connectivity index (χ4v) is 4.06. The van der Waals surface area contributed by atoms with Crippen molar-refractivity contribution < 1.29 is 14.2 Å². The van der Waals surface area contributed by atoms with Crippen LogP contribution in [0.1, 0.15) is 30.0 Å². The van der Waals surface area contributed by atoms with E-state index in [0.717, 1.165) is 55.2 Å². The summed E-state index contributed by atoms with van der Waals surface area (Å²) in [6.45, 7) is 2.93. The van der Waals surface area contributed by atoms with Crippen LogP contribution in [0.3, 0.4) is 0 Å². The van der Waals surface area contributed by atoms with E-state index in [-0.39, 0.29) is 0 Å². The molecule has 0 saturated carbocycles. The Morgan fingerprint density at radius 3 is 2.39 bits per heavy atom. The molecule has 0 radical (unpaired) electrons. The number of rotatable bonds is 6. The van der Waals surface area contributed by atoms with Crippen LogP contribution in [0.4, 0.5) is 0 Å². The summed E-state index contributed by atoms with van der Waals surface area (Å²) < 4.78 is 16.4. The monoisotopic (exact) mass is 381 g/mol. The number of methoxy groups -OCH3 is 3. The van der Waals surface area contributed by atoms with Crippen molar-refractivity contribution >= 4 is 11.0 Å². The predicted octanol–water partition coefficient (Wildman–Crippen LogP) is 3.97. The van der Waals surface area contributed by atoms with Crippen molar-refractivity contribution in [1.29, 1.82) is 0 Å². The van der Waals surface area contributed by atoms with Gasteiger partial charge >= 0.3 is 0 Å². The lowest BCUT2D eigenvalue weighted by atomic mass is 9.93. The molecule has 0 aliphatic carbocycles. The minimum Gasteiger partial charge on any atom is -0.496 e. The Hall–Kier alpha value is -2.73. The number of hydrogen-bond acceptors (Lipinski definition) is 5. The maximum atomic E-state index is 5.58. The predicted molar refractivity (Wildman–Crippen MR) is 109 cm³/mol. The van der Waals surface area contributed by atoms with Gasteiger partial charge in [0.2, 0.25) is 0 Å². The van der Waals surface area contributed by atoms with Gasteiger partial charge in [0.05, 0.1) is 21.3 Å². The molecule has 0 spiro atoms. The van der Waals surface area contributed by atoms with Crippen LogP contribution in [0.15, 0.2) is 36.5 Å². The van der Waals surface area contributed by atoms with Crippen molar-refractivity contribution in [3.8, 4) is 17.2 Å². The van der Waals surface area contributed by atoms with Crippen LogP contribution < -0.4 is 14.2 Å². The molecule has 1 aliphatic heterocycles. The van der Waals surface area contributed by atoms with Crippen molar-refractivity contribution in [2.45, 2.75) is 25.3 Å². The van der Waals surface area contributed by atoms with Gasteiger partial charge in [-0.3, -0.25) is 4.90 Å². The summed E-state index contributed by atoms with van der Waals surface area (Å²) in [5.41, 5.74) is 3.40. The smallest absolute Gasteiger partial charge is 0.164 e. The van der Waals surface area contributed by atoms with Gasteiger partial charge in [-0.25, -0.2) is 4.98 Å². The number of benzene rings is 1. The molecule has 4 rings (SSSR count). The highest BCUT2D eigenvalue weighted by atomic mass is 16.5. The largest absolute Gasteiger partial charge is 0.496 e. The SMILES string of the molecule is COc1cc(OC)c(OC)cc1CN1CCC(c2cc3cccnc3[nH]2)CC1. The van der Waals surface area contributed by atoms with E-state index in [1.54, 1.807) is 21.3 Å². The third kappa shape index (κ3) is 3.64. The first-order chi connectivity index (χ1) is 13.7. The number of piperidine rings is 1. The topological polar surface area (TPSA) is 59.6 Å². The molecule has 1 fully saturated rings. The van der Waals surface area contributed by atoms with Crippen molar-refractivity contribution in [3.63, 3.8) is 0 Å². The van der Waals surface area contributed by atoms with E-state index in [9.17, 15) is 0 Å². The third-order valence-electron chi connectivity index (χ3n) is 5.62. The van der Waals surface area contributed by atoms with Gasteiger partial charge in [0.15, 0.2) is 11.5 Å². The van der Waals surface area contributed by atoms with Crippen LogP contribution in [0.5, 0.6) is 17.2 Å². The summed E-state index contributed by atoms with van der Waals surface area (Å²) in [5.74, 6) is 2.81. The zero-order chi connectivity index (χ0) is 19.5. The van der Waals surface area contributed by atoms with E-state index in [4.69, 9.17) is 14.2 Å². The van der Waals surface area contributed by atoms with E-state index in [2.05, 4.69) is 27.0 Å². The third-order valence-corrected chi connectivity index (χ3v) is 5.62. The number of pyridine rings is 1. The van der Waals surface area contributed by atoms with Gasteiger partial charge in [0.1, 0.15) is 11.4 Å². The lowest BCUT2D eigenvalue weighted by Crippen LogP contribution is -2.32. The molecule has 6 nitrogen and oxygen atoms in total. The maximum Gasteiger partial charge on any atom is 0.164 e. The maximum absolute atomic E-state index is 5.58. The minimum absolute atomic E-state index is 0.553. The van der Waals surface area contributed by atoms with Crippen molar-refractivity contribution in [2.75, 3.05) is 34.4 Å². The van der Waals surface area contributed by atoms with Gasteiger partial charge in [-0.1, -0.05) is 0 Å². The lowest BCUT2D eigenvalue weighted by Gasteiger charge is -2.32. The van der Waals surface area contributed by atoms with Crippen molar-refractivity contribution in [2.24, 2.45) is 0 Å². The Bertz CT molecular complexity index is 912. The summed E-state index contributed by atoms with van der Waals surface area (Å²) in [6, 6.07) is 10.3. The van der Waals surface area contributed by atoms with Crippen LogP contribution in [-0.4, -0.2) is 49.3 Å². The Morgan fingerprint density at radius 1 is 1.00 bits per heavy atom. The molecule has 0 atom stereocenters. The molecule has 1 aromatic carbocycles. The molecular formula is C22H27N3O3. The Kier molecular flexibility index (Phi) is 5.39. The summed E-state index contributed by atoms with van der Waals surface area (Å²) in [6.07, 6.45) is 4.09. The van der Waals surface area contributed by atoms with Crippen LogP contribution >= 0.6 is 0 Å². The fraction of sp³-hybridized carbons (Fsp3) is 0.409. The zero-order valence-corrected chi connectivity index (χ0v) is 16.7. The van der Waals surface area contributed by atoms with E-state index in [0.29, 0.717) is 11.7 Å². The van der Waals surface area contributed by atoms with Crippen LogP contribution in [0.25, 0.3) is 11.0 Å². The van der Waals surface area contributed by atoms with Gasteiger partial charge in [0.25, 0.3) is 0 Å². The molecule has 28 heavy (non-hydrogen) atoms. The first-order valence-electron chi connectivity index (χ1n) is 9.66. The zero-order valence-electron chi connectivity index (χ0n) is 16.7. The minimum atomic E-state index is 0.553. The number of ether oxygens (including phenoxy) is 3. The lowest BCUT2D eigenvalue weighted by molar-refractivity contribution is 0.201. The van der Waals surface area contributed by atoms with Crippen molar-refractivity contribution in [1.82, 2.24) is 14.9 Å². The molecular weight excluding hydrogens is 354 g/mol. The second kappa shape index (κ2) is 8.10. The van der Waals surface area contributed by atoms with Crippen LogP contribution in [-0.2, 0) is 6.54 Å². The Labute approximate surface area is 165 Å². The number of nitrogens with zero attached hydrogens (tertiary/aromatic N) is 2. The molecule has 2 aromatic heterocycles. The van der Waals surface area contributed by atoms with Gasteiger partial charge in [-0.05, 0) is 50.2 Å². The number of nitrogens with one attached hydrogen (secondary N) is 1. The van der Waals surface area contributed by atoms with Gasteiger partial charge in [-0.15, -0.1) is 0 Å². The summed E-state index contributed by atoms with van der Waals surface area (Å²) in [7, 11) is 5.00. The molecule has 0 amide bonds. The summed E-state index contributed by atoms with van der Waals surface area (Å²) in [5, 5.41) is 1.19.